The van der Waals surface area contributed by atoms with E-state index in [4.69, 9.17) is 4.55 Å². The van der Waals surface area contributed by atoms with E-state index in [9.17, 15) is 100 Å². The molecule has 308 valence electrons. The van der Waals surface area contributed by atoms with Gasteiger partial charge in [0.05, 0.1) is 10.9 Å². The van der Waals surface area contributed by atoms with Gasteiger partial charge in [0, 0.05) is 0 Å². The molecule has 1 N–H and O–H groups in total. The third-order valence-corrected chi connectivity index (χ3v) is 9.83. The number of hydrogen-bond acceptors (Lipinski definition) is 5. The van der Waals surface area contributed by atoms with Crippen LogP contribution in [0.25, 0.3) is 0 Å². The third-order valence-electron chi connectivity index (χ3n) is 5.81. The van der Waals surface area contributed by atoms with E-state index in [1.807, 2.05) is 0 Å². The molecule has 0 radical (unpaired) electrons. The number of halogens is 19. The second kappa shape index (κ2) is 17.2. The molecule has 0 aliphatic heterocycles. The second-order valence-corrected chi connectivity index (χ2v) is 14.4. The van der Waals surface area contributed by atoms with Gasteiger partial charge in [-0.05, 0) is 36.4 Å². The zero-order chi connectivity index (χ0) is 41.9. The van der Waals surface area contributed by atoms with Crippen LogP contribution in [0, 0.1) is 0 Å². The Hall–Kier alpha value is -2.70. The molecule has 3 aromatic rings. The molecule has 6 nitrogen and oxygen atoms in total. The molecular weight excluding hydrogens is 973 g/mol. The van der Waals surface area contributed by atoms with Gasteiger partial charge in [0.15, 0.2) is 24.8 Å². The first kappa shape index (κ1) is 51.3. The smallest absolute Gasteiger partial charge is 0.460 e. The van der Waals surface area contributed by atoms with Gasteiger partial charge in [-0.25, -0.2) is 8.42 Å². The summed E-state index contributed by atoms with van der Waals surface area (Å²) in [7, 11) is -14.6. The highest BCUT2D eigenvalue weighted by atomic mass is 127. The molecule has 54 heavy (non-hydrogen) atoms. The molecule has 0 amide bonds. The Morgan fingerprint density at radius 3 is 0.833 bits per heavy atom. The lowest BCUT2D eigenvalue weighted by Crippen LogP contribution is -2.63. The van der Waals surface area contributed by atoms with E-state index in [1.54, 1.807) is 0 Å². The van der Waals surface area contributed by atoms with Crippen molar-refractivity contribution in [3.63, 3.8) is 0 Å². The van der Waals surface area contributed by atoms with E-state index in [1.165, 1.54) is 14.7 Å². The lowest BCUT2D eigenvalue weighted by atomic mass is 10.1. The molecule has 0 fully saturated rings. The first-order valence-corrected chi connectivity index (χ1v) is 16.7. The molecule has 3 rings (SSSR count). The van der Waals surface area contributed by atoms with E-state index in [0.717, 1.165) is 0 Å². The summed E-state index contributed by atoms with van der Waals surface area (Å²) in [5.74, 6) is -29.5. The fourth-order valence-corrected chi connectivity index (χ4v) is 6.12. The van der Waals surface area contributed by atoms with Crippen LogP contribution >= 0.6 is 24.0 Å². The van der Waals surface area contributed by atoms with Crippen molar-refractivity contribution in [2.45, 2.75) is 61.2 Å². The summed E-state index contributed by atoms with van der Waals surface area (Å²) < 4.78 is 269. The van der Waals surface area contributed by atoms with E-state index in [2.05, 4.69) is 91.0 Å². The first-order chi connectivity index (χ1) is 23.4. The van der Waals surface area contributed by atoms with Crippen LogP contribution in [0.1, 0.15) is 0 Å². The predicted molar refractivity (Wildman–Crippen MR) is 160 cm³/mol. The van der Waals surface area contributed by atoms with Crippen molar-refractivity contribution in [2.75, 3.05) is 0 Å². The van der Waals surface area contributed by atoms with Crippen molar-refractivity contribution in [3.8, 4) is 0 Å². The van der Waals surface area contributed by atoms with Crippen LogP contribution in [0.15, 0.2) is 106 Å². The summed E-state index contributed by atoms with van der Waals surface area (Å²) in [4.78, 5) is 4.08. The number of hydrogen-bond donors (Lipinski definition) is 1. The van der Waals surface area contributed by atoms with E-state index in [-0.39, 0.29) is 34.9 Å². The maximum atomic E-state index is 12.2. The van der Waals surface area contributed by atoms with Gasteiger partial charge in [-0.3, -0.25) is 4.55 Å². The Labute approximate surface area is 311 Å². The fraction of sp³-hybridized carbons (Fsp3) is 0.308. The Morgan fingerprint density at radius 2 is 0.648 bits per heavy atom. The lowest BCUT2D eigenvalue weighted by Gasteiger charge is -2.34. The van der Waals surface area contributed by atoms with Crippen LogP contribution in [0.4, 0.5) is 79.0 Å². The minimum Gasteiger partial charge on any atom is -0.743 e. The molecule has 0 unspecified atom stereocenters. The zero-order valence-electron chi connectivity index (χ0n) is 25.1. The van der Waals surface area contributed by atoms with Gasteiger partial charge in [0.1, 0.15) is 0 Å². The van der Waals surface area contributed by atoms with Gasteiger partial charge in [0.2, 0.25) is 0 Å². The van der Waals surface area contributed by atoms with Gasteiger partial charge in [0.25, 0.3) is 0 Å². The standard InChI is InChI=1S/C18H15S.2C4HF9O3S.HI/c1-4-10-16(11-5-1)19(17-12-6-2-7-13-17)18-14-8-3-9-15-18;2*5-1(6,3(9,10)11)2(7,8)4(12,13)17(14,15)16;/h1-15H;2*(H,14,15,16);1H/q+1;;;/p-1. The summed E-state index contributed by atoms with van der Waals surface area (Å²) in [6.07, 6.45) is -14.3. The summed E-state index contributed by atoms with van der Waals surface area (Å²) in [6.45, 7) is 0. The summed E-state index contributed by atoms with van der Waals surface area (Å²) in [5, 5.41) is -14.1. The molecule has 28 heteroatoms. The maximum absolute atomic E-state index is 12.2. The van der Waals surface area contributed by atoms with Crippen LogP contribution in [0.5, 0.6) is 0 Å². The highest BCUT2D eigenvalue weighted by Gasteiger charge is 2.86. The molecule has 0 saturated carbocycles. The highest BCUT2D eigenvalue weighted by molar-refractivity contribution is 14.0. The van der Waals surface area contributed by atoms with Crippen molar-refractivity contribution in [1.29, 1.82) is 0 Å². The van der Waals surface area contributed by atoms with E-state index >= 15 is 0 Å². The molecule has 0 aliphatic carbocycles. The largest absolute Gasteiger partial charge is 0.743 e. The monoisotopic (exact) mass is 990 g/mol. The highest BCUT2D eigenvalue weighted by Crippen LogP contribution is 2.55. The van der Waals surface area contributed by atoms with Crippen LogP contribution < -0.4 is 0 Å². The van der Waals surface area contributed by atoms with Gasteiger partial charge in [-0.2, -0.15) is 87.4 Å². The second-order valence-electron chi connectivity index (χ2n) is 9.50. The Kier molecular flexibility index (Phi) is 16.3. The van der Waals surface area contributed by atoms with Crippen molar-refractivity contribution >= 4 is 55.1 Å². The fourth-order valence-electron chi connectivity index (χ4n) is 3.12. The molecule has 0 aliphatic rings. The Balaban J connectivity index is 0.000000776. The predicted octanol–water partition coefficient (Wildman–Crippen LogP) is 9.66. The van der Waals surface area contributed by atoms with Crippen LogP contribution in [-0.4, -0.2) is 72.5 Å². The average Bonchev–Trinajstić information content (AvgIpc) is 3.01. The van der Waals surface area contributed by atoms with Crippen molar-refractivity contribution in [2.24, 2.45) is 0 Å². The molecule has 3 aromatic carbocycles. The van der Waals surface area contributed by atoms with Crippen LogP contribution in [0.2, 0.25) is 0 Å². The van der Waals surface area contributed by atoms with Gasteiger partial charge < -0.3 is 4.55 Å². The Bertz CT molecular complexity index is 1690. The molecule has 0 spiro atoms. The van der Waals surface area contributed by atoms with Crippen LogP contribution in [0.3, 0.4) is 0 Å². The molecule has 0 aromatic heterocycles. The lowest BCUT2D eigenvalue weighted by molar-refractivity contribution is -0.382. The van der Waals surface area contributed by atoms with Crippen molar-refractivity contribution in [3.05, 3.63) is 91.0 Å². The number of rotatable bonds is 9. The average molecular weight is 990 g/mol. The first-order valence-electron chi connectivity index (χ1n) is 12.7. The zero-order valence-corrected chi connectivity index (χ0v) is 29.9. The number of alkyl halides is 18. The van der Waals surface area contributed by atoms with Crippen LogP contribution in [-0.2, 0) is 31.1 Å². The molecule has 0 saturated heterocycles. The Morgan fingerprint density at radius 1 is 0.426 bits per heavy atom. The molecular formula is C26H17F18IO6S3. The minimum atomic E-state index is -7.43. The summed E-state index contributed by atoms with van der Waals surface area (Å²) >= 11 is 0. The third kappa shape index (κ3) is 10.4. The van der Waals surface area contributed by atoms with E-state index in [0.29, 0.717) is 0 Å². The topological polar surface area (TPSA) is 112 Å². The van der Waals surface area contributed by atoms with Gasteiger partial charge in [-0.15, -0.1) is 24.0 Å². The van der Waals surface area contributed by atoms with Gasteiger partial charge >= 0.3 is 56.7 Å². The van der Waals surface area contributed by atoms with Gasteiger partial charge in [-0.1, -0.05) is 54.6 Å². The quantitative estimate of drug-likeness (QED) is 0.0990. The van der Waals surface area contributed by atoms with Crippen molar-refractivity contribution < 1.29 is 105 Å². The normalized spacial score (nSPS) is 13.9. The van der Waals surface area contributed by atoms with Crippen molar-refractivity contribution in [1.82, 2.24) is 0 Å². The molecule has 0 heterocycles. The summed E-state index contributed by atoms with van der Waals surface area (Å²) in [5.41, 5.74) is 0. The molecule has 0 bridgehead atoms. The minimum absolute atomic E-state index is 0. The molecule has 0 atom stereocenters. The maximum Gasteiger partial charge on any atom is 0.460 e. The number of benzene rings is 3. The van der Waals surface area contributed by atoms with E-state index < -0.39 is 66.8 Å². The SMILES string of the molecule is I.O=S(=O)(O)C(F)(F)C(F)(F)C(F)(F)C(F)(F)F.O=S(=O)([O-])C(F)(F)C(F)(F)C(F)(F)C(F)(F)F.c1ccc([S+](c2ccccc2)c2ccccc2)cc1. The summed E-state index contributed by atoms with van der Waals surface area (Å²) in [6, 6.07) is 32.2.